The molecule has 0 bridgehead atoms. The van der Waals surface area contributed by atoms with Crippen LogP contribution in [0.2, 0.25) is 0 Å². The molecule has 6 nitrogen and oxygen atoms in total. The van der Waals surface area contributed by atoms with Crippen LogP contribution in [0.15, 0.2) is 61.2 Å². The van der Waals surface area contributed by atoms with Crippen molar-refractivity contribution in [3.05, 3.63) is 78.1 Å². The minimum Gasteiger partial charge on any atom is -0.341 e. The smallest absolute Gasteiger partial charge is 0.227 e. The largest absolute Gasteiger partial charge is 0.341 e. The van der Waals surface area contributed by atoms with Crippen LogP contribution in [0, 0.1) is 5.92 Å². The maximum Gasteiger partial charge on any atom is 0.227 e. The molecule has 4 rings (SSSR count). The SMILES string of the molecule is CCc1ncc(CN2CCN(CC)C(=O)[C@@H](Cc3ccc(-c4ccncc4)cc3)C2)cn1. The summed E-state index contributed by atoms with van der Waals surface area (Å²) in [5.41, 5.74) is 4.60. The van der Waals surface area contributed by atoms with E-state index < -0.39 is 0 Å². The van der Waals surface area contributed by atoms with Crippen LogP contribution in [-0.4, -0.2) is 56.8 Å². The van der Waals surface area contributed by atoms with Gasteiger partial charge in [-0.15, -0.1) is 0 Å². The molecule has 166 valence electrons. The molecule has 3 heterocycles. The molecule has 1 aliphatic heterocycles. The minimum absolute atomic E-state index is 0.0555. The molecule has 1 atom stereocenters. The Kier molecular flexibility index (Phi) is 7.22. The van der Waals surface area contributed by atoms with E-state index in [-0.39, 0.29) is 11.8 Å². The van der Waals surface area contributed by atoms with Crippen LogP contribution in [0.4, 0.5) is 0 Å². The molecule has 1 amide bonds. The highest BCUT2D eigenvalue weighted by Gasteiger charge is 2.29. The Bertz CT molecular complexity index is 1000. The van der Waals surface area contributed by atoms with E-state index >= 15 is 0 Å². The Balaban J connectivity index is 1.47. The van der Waals surface area contributed by atoms with Crippen LogP contribution < -0.4 is 0 Å². The summed E-state index contributed by atoms with van der Waals surface area (Å²) in [5, 5.41) is 0. The number of amides is 1. The molecule has 0 N–H and O–H groups in total. The maximum absolute atomic E-state index is 13.2. The molecule has 2 aromatic heterocycles. The van der Waals surface area contributed by atoms with Crippen molar-refractivity contribution < 1.29 is 4.79 Å². The molecule has 0 radical (unpaired) electrons. The monoisotopic (exact) mass is 429 g/mol. The highest BCUT2D eigenvalue weighted by atomic mass is 16.2. The van der Waals surface area contributed by atoms with Gasteiger partial charge in [0.1, 0.15) is 5.82 Å². The number of aryl methyl sites for hydroxylation is 1. The normalized spacial score (nSPS) is 17.4. The van der Waals surface area contributed by atoms with Crippen LogP contribution in [-0.2, 0) is 24.2 Å². The van der Waals surface area contributed by atoms with Crippen molar-refractivity contribution in [2.45, 2.75) is 33.2 Å². The fraction of sp³-hybridized carbons (Fsp3) is 0.385. The van der Waals surface area contributed by atoms with Crippen molar-refractivity contribution in [2.24, 2.45) is 5.92 Å². The third-order valence-corrected chi connectivity index (χ3v) is 6.14. The van der Waals surface area contributed by atoms with Crippen LogP contribution in [0.5, 0.6) is 0 Å². The molecule has 3 aromatic rings. The van der Waals surface area contributed by atoms with Crippen molar-refractivity contribution in [2.75, 3.05) is 26.2 Å². The number of rotatable bonds is 7. The quantitative estimate of drug-likeness (QED) is 0.574. The number of nitrogens with zero attached hydrogens (tertiary/aromatic N) is 5. The van der Waals surface area contributed by atoms with Crippen molar-refractivity contribution in [1.29, 1.82) is 0 Å². The number of hydrogen-bond donors (Lipinski definition) is 0. The highest BCUT2D eigenvalue weighted by molar-refractivity contribution is 5.79. The summed E-state index contributed by atoms with van der Waals surface area (Å²) in [4.78, 5) is 30.5. The van der Waals surface area contributed by atoms with E-state index in [4.69, 9.17) is 0 Å². The van der Waals surface area contributed by atoms with Crippen LogP contribution >= 0.6 is 0 Å². The summed E-state index contributed by atoms with van der Waals surface area (Å²) >= 11 is 0. The maximum atomic E-state index is 13.2. The van der Waals surface area contributed by atoms with Gasteiger partial charge in [-0.25, -0.2) is 9.97 Å². The van der Waals surface area contributed by atoms with Gasteiger partial charge in [0.25, 0.3) is 0 Å². The molecule has 1 aromatic carbocycles. The topological polar surface area (TPSA) is 62.2 Å². The predicted molar refractivity (Wildman–Crippen MR) is 126 cm³/mol. The lowest BCUT2D eigenvalue weighted by Crippen LogP contribution is -2.37. The van der Waals surface area contributed by atoms with E-state index in [1.165, 1.54) is 5.56 Å². The number of benzene rings is 1. The van der Waals surface area contributed by atoms with Gasteiger partial charge in [0.15, 0.2) is 0 Å². The fourth-order valence-corrected chi connectivity index (χ4v) is 4.29. The third-order valence-electron chi connectivity index (χ3n) is 6.14. The van der Waals surface area contributed by atoms with Gasteiger partial charge in [-0.2, -0.15) is 0 Å². The summed E-state index contributed by atoms with van der Waals surface area (Å²) < 4.78 is 0. The summed E-state index contributed by atoms with van der Waals surface area (Å²) in [6.07, 6.45) is 9.04. The minimum atomic E-state index is -0.0555. The highest BCUT2D eigenvalue weighted by Crippen LogP contribution is 2.22. The Morgan fingerprint density at radius 3 is 2.25 bits per heavy atom. The lowest BCUT2D eigenvalue weighted by Gasteiger charge is -2.23. The van der Waals surface area contributed by atoms with Gasteiger partial charge in [0.05, 0.1) is 5.92 Å². The average molecular weight is 430 g/mol. The number of carbonyl (C=O) groups excluding carboxylic acids is 1. The molecule has 1 saturated heterocycles. The first-order valence-electron chi connectivity index (χ1n) is 11.5. The molecule has 32 heavy (non-hydrogen) atoms. The first-order valence-corrected chi connectivity index (χ1v) is 11.5. The number of carbonyl (C=O) groups is 1. The first kappa shape index (κ1) is 22.1. The molecule has 6 heteroatoms. The van der Waals surface area contributed by atoms with Gasteiger partial charge in [0.2, 0.25) is 5.91 Å². The van der Waals surface area contributed by atoms with E-state index in [1.54, 1.807) is 0 Å². The number of pyridine rings is 1. The zero-order valence-corrected chi connectivity index (χ0v) is 18.9. The second-order valence-corrected chi connectivity index (χ2v) is 8.35. The van der Waals surface area contributed by atoms with Gasteiger partial charge in [-0.3, -0.25) is 14.7 Å². The summed E-state index contributed by atoms with van der Waals surface area (Å²) in [6.45, 7) is 8.02. The second kappa shape index (κ2) is 10.5. The van der Waals surface area contributed by atoms with Crippen molar-refractivity contribution in [1.82, 2.24) is 24.8 Å². The van der Waals surface area contributed by atoms with Crippen molar-refractivity contribution >= 4 is 5.91 Å². The standard InChI is InChI=1S/C26H31N5O/c1-3-25-28-16-21(17-29-25)18-30-13-14-31(4-2)26(32)24(19-30)15-20-5-7-22(8-6-20)23-9-11-27-12-10-23/h5-12,16-17,24H,3-4,13-15,18-19H2,1-2H3/t24-/m0/s1. The first-order chi connectivity index (χ1) is 15.7. The van der Waals surface area contributed by atoms with Crippen molar-refractivity contribution in [3.8, 4) is 11.1 Å². The molecule has 0 saturated carbocycles. The molecule has 0 spiro atoms. The lowest BCUT2D eigenvalue weighted by molar-refractivity contribution is -0.134. The van der Waals surface area contributed by atoms with Gasteiger partial charge < -0.3 is 4.90 Å². The van der Waals surface area contributed by atoms with Gasteiger partial charge >= 0.3 is 0 Å². The van der Waals surface area contributed by atoms with Crippen LogP contribution in [0.3, 0.4) is 0 Å². The van der Waals surface area contributed by atoms with Crippen LogP contribution in [0.1, 0.15) is 30.8 Å². The van der Waals surface area contributed by atoms with E-state index in [0.717, 1.165) is 68.1 Å². The summed E-state index contributed by atoms with van der Waals surface area (Å²) in [7, 11) is 0. The number of hydrogen-bond acceptors (Lipinski definition) is 5. The molecular weight excluding hydrogens is 398 g/mol. The zero-order valence-electron chi connectivity index (χ0n) is 18.9. The molecule has 1 aliphatic rings. The molecule has 0 aliphatic carbocycles. The Morgan fingerprint density at radius 2 is 1.59 bits per heavy atom. The molecule has 1 fully saturated rings. The zero-order chi connectivity index (χ0) is 22.3. The Labute approximate surface area is 190 Å². The Hall–Kier alpha value is -3.12. The fourth-order valence-electron chi connectivity index (χ4n) is 4.29. The second-order valence-electron chi connectivity index (χ2n) is 8.35. The third kappa shape index (κ3) is 5.37. The molecule has 0 unspecified atom stereocenters. The molecular formula is C26H31N5O. The number of likely N-dealkylation sites (N-methyl/N-ethyl adjacent to an activating group) is 1. The number of aromatic nitrogens is 3. The van der Waals surface area contributed by atoms with E-state index in [2.05, 4.69) is 58.0 Å². The van der Waals surface area contributed by atoms with Gasteiger partial charge in [-0.1, -0.05) is 31.2 Å². The Morgan fingerprint density at radius 1 is 0.906 bits per heavy atom. The van der Waals surface area contributed by atoms with E-state index in [0.29, 0.717) is 0 Å². The summed E-state index contributed by atoms with van der Waals surface area (Å²) in [5.74, 6) is 1.07. The van der Waals surface area contributed by atoms with Gasteiger partial charge in [0, 0.05) is 69.5 Å². The predicted octanol–water partition coefficient (Wildman–Crippen LogP) is 3.62. The van der Waals surface area contributed by atoms with E-state index in [9.17, 15) is 4.79 Å². The van der Waals surface area contributed by atoms with E-state index in [1.807, 2.05) is 41.8 Å². The summed E-state index contributed by atoms with van der Waals surface area (Å²) in [6, 6.07) is 12.6. The van der Waals surface area contributed by atoms with Crippen molar-refractivity contribution in [3.63, 3.8) is 0 Å². The van der Waals surface area contributed by atoms with Crippen LogP contribution in [0.25, 0.3) is 11.1 Å². The lowest BCUT2D eigenvalue weighted by atomic mass is 9.95. The van der Waals surface area contributed by atoms with Gasteiger partial charge in [-0.05, 0) is 42.2 Å². The average Bonchev–Trinajstić information content (AvgIpc) is 2.99.